The van der Waals surface area contributed by atoms with Crippen LogP contribution in [0.4, 0.5) is 4.39 Å². The molecule has 1 saturated heterocycles. The largest absolute Gasteiger partial charge is 0.313 e. The molecule has 124 valence electrons. The predicted molar refractivity (Wildman–Crippen MR) is 89.7 cm³/mol. The highest BCUT2D eigenvalue weighted by atomic mass is 32.2. The van der Waals surface area contributed by atoms with Gasteiger partial charge in [-0.25, -0.2) is 12.8 Å². The van der Waals surface area contributed by atoms with Crippen LogP contribution in [0.1, 0.15) is 21.4 Å². The monoisotopic (exact) mass is 354 g/mol. The van der Waals surface area contributed by atoms with Crippen molar-refractivity contribution in [1.29, 1.82) is 0 Å². The minimum absolute atomic E-state index is 0.354. The second-order valence-corrected chi connectivity index (χ2v) is 8.99. The highest BCUT2D eigenvalue weighted by Crippen LogP contribution is 2.33. The quantitative estimate of drug-likeness (QED) is 0.922. The molecule has 1 aromatic carbocycles. The molecule has 0 aliphatic carbocycles. The van der Waals surface area contributed by atoms with Gasteiger partial charge in [0.15, 0.2) is 0 Å². The number of hydrogen-bond donors (Lipinski definition) is 1. The second-order valence-electron chi connectivity index (χ2n) is 5.67. The van der Waals surface area contributed by atoms with E-state index in [1.54, 1.807) is 18.2 Å². The Morgan fingerprint density at radius 2 is 2.09 bits per heavy atom. The number of sulfonamides is 1. The van der Waals surface area contributed by atoms with E-state index >= 15 is 0 Å². The number of thiophene rings is 1. The fraction of sp³-hybridized carbons (Fsp3) is 0.375. The molecule has 0 amide bonds. The minimum atomic E-state index is -3.60. The molecule has 0 spiro atoms. The zero-order valence-corrected chi connectivity index (χ0v) is 14.7. The molecule has 1 unspecified atom stereocenters. The van der Waals surface area contributed by atoms with Crippen molar-refractivity contribution in [2.75, 3.05) is 19.6 Å². The summed E-state index contributed by atoms with van der Waals surface area (Å²) >= 11 is 1.48. The molecule has 0 saturated carbocycles. The van der Waals surface area contributed by atoms with Crippen LogP contribution in [0.25, 0.3) is 0 Å². The van der Waals surface area contributed by atoms with Gasteiger partial charge in [0, 0.05) is 29.4 Å². The number of aryl methyl sites for hydroxylation is 2. The first-order chi connectivity index (χ1) is 10.9. The molecule has 3 rings (SSSR count). The summed E-state index contributed by atoms with van der Waals surface area (Å²) in [6.45, 7) is 5.17. The molecule has 4 nitrogen and oxygen atoms in total. The third-order valence-electron chi connectivity index (χ3n) is 4.01. The van der Waals surface area contributed by atoms with Crippen molar-refractivity contribution in [3.8, 4) is 0 Å². The van der Waals surface area contributed by atoms with Gasteiger partial charge in [0.05, 0.1) is 10.9 Å². The summed E-state index contributed by atoms with van der Waals surface area (Å²) in [5.41, 5.74) is 0.672. The van der Waals surface area contributed by atoms with Gasteiger partial charge in [-0.1, -0.05) is 12.1 Å². The Hall–Kier alpha value is -1.28. The summed E-state index contributed by atoms with van der Waals surface area (Å²) in [5.74, 6) is -0.354. The number of benzene rings is 1. The smallest absolute Gasteiger partial charge is 0.244 e. The molecule has 0 bridgehead atoms. The Morgan fingerprint density at radius 1 is 1.30 bits per heavy atom. The first-order valence-electron chi connectivity index (χ1n) is 7.44. The molecule has 0 radical (unpaired) electrons. The summed E-state index contributed by atoms with van der Waals surface area (Å²) in [7, 11) is -3.60. The summed E-state index contributed by atoms with van der Waals surface area (Å²) in [6, 6.07) is 7.49. The molecule has 1 aliphatic heterocycles. The molecule has 23 heavy (non-hydrogen) atoms. The first-order valence-corrected chi connectivity index (χ1v) is 9.70. The number of piperazine rings is 1. The van der Waals surface area contributed by atoms with Crippen molar-refractivity contribution in [3.05, 3.63) is 51.5 Å². The summed E-state index contributed by atoms with van der Waals surface area (Å²) < 4.78 is 41.2. The normalized spacial score (nSPS) is 19.9. The molecule has 1 fully saturated rings. The highest BCUT2D eigenvalue weighted by Gasteiger charge is 2.35. The van der Waals surface area contributed by atoms with Gasteiger partial charge in [0.2, 0.25) is 10.0 Å². The van der Waals surface area contributed by atoms with E-state index in [1.165, 1.54) is 27.8 Å². The number of hydrogen-bond acceptors (Lipinski definition) is 4. The van der Waals surface area contributed by atoms with E-state index in [4.69, 9.17) is 0 Å². The lowest BCUT2D eigenvalue weighted by Crippen LogP contribution is -2.48. The van der Waals surface area contributed by atoms with Crippen LogP contribution < -0.4 is 5.32 Å². The number of halogens is 1. The van der Waals surface area contributed by atoms with Gasteiger partial charge in [-0.2, -0.15) is 4.31 Å². The van der Waals surface area contributed by atoms with Crippen molar-refractivity contribution >= 4 is 21.4 Å². The first kappa shape index (κ1) is 16.6. The van der Waals surface area contributed by atoms with E-state index in [2.05, 4.69) is 5.32 Å². The van der Waals surface area contributed by atoms with E-state index < -0.39 is 16.1 Å². The van der Waals surface area contributed by atoms with Crippen molar-refractivity contribution in [2.45, 2.75) is 24.8 Å². The van der Waals surface area contributed by atoms with Crippen molar-refractivity contribution < 1.29 is 12.8 Å². The maximum Gasteiger partial charge on any atom is 0.244 e. The molecule has 7 heteroatoms. The SMILES string of the molecule is Cc1cc(S(=O)(=O)N2CCNCC2c2cccc(F)c2)c(C)s1. The molecule has 2 aromatic rings. The average molecular weight is 354 g/mol. The standard InChI is InChI=1S/C16H19FN2O2S2/c1-11-8-16(12(2)22-11)23(20,21)19-7-6-18-10-15(19)13-4-3-5-14(17)9-13/h3-5,8-9,15,18H,6-7,10H2,1-2H3. The van der Waals surface area contributed by atoms with Crippen molar-refractivity contribution in [3.63, 3.8) is 0 Å². The molecule has 1 aromatic heterocycles. The zero-order chi connectivity index (χ0) is 16.6. The molecule has 1 N–H and O–H groups in total. The Kier molecular flexibility index (Phi) is 4.55. The van der Waals surface area contributed by atoms with Crippen LogP contribution in [0, 0.1) is 19.7 Å². The van der Waals surface area contributed by atoms with Crippen LogP contribution in [-0.4, -0.2) is 32.4 Å². The molecule has 1 aliphatic rings. The molecular formula is C16H19FN2O2S2. The third-order valence-corrected chi connectivity index (χ3v) is 7.14. The van der Waals surface area contributed by atoms with Gasteiger partial charge >= 0.3 is 0 Å². The summed E-state index contributed by atoms with van der Waals surface area (Å²) in [4.78, 5) is 2.13. The molecule has 1 atom stereocenters. The van der Waals surface area contributed by atoms with Crippen molar-refractivity contribution in [2.24, 2.45) is 0 Å². The number of nitrogens with zero attached hydrogens (tertiary/aromatic N) is 1. The highest BCUT2D eigenvalue weighted by molar-refractivity contribution is 7.89. The Labute approximate surface area is 140 Å². The zero-order valence-electron chi connectivity index (χ0n) is 13.0. The maximum absolute atomic E-state index is 13.5. The summed E-state index contributed by atoms with van der Waals surface area (Å²) in [5, 5.41) is 3.20. The topological polar surface area (TPSA) is 49.4 Å². The van der Waals surface area contributed by atoms with E-state index in [0.29, 0.717) is 30.1 Å². The van der Waals surface area contributed by atoms with E-state index in [1.807, 2.05) is 13.8 Å². The lowest BCUT2D eigenvalue weighted by atomic mass is 10.1. The van der Waals surface area contributed by atoms with E-state index in [9.17, 15) is 12.8 Å². The van der Waals surface area contributed by atoms with Gasteiger partial charge in [-0.3, -0.25) is 0 Å². The predicted octanol–water partition coefficient (Wildman–Crippen LogP) is 2.84. The van der Waals surface area contributed by atoms with Crippen LogP contribution in [0.2, 0.25) is 0 Å². The average Bonchev–Trinajstić information content (AvgIpc) is 2.87. The fourth-order valence-corrected chi connectivity index (χ4v) is 6.10. The molecule has 2 heterocycles. The number of nitrogens with one attached hydrogen (secondary N) is 1. The molecular weight excluding hydrogens is 335 g/mol. The van der Waals surface area contributed by atoms with Crippen LogP contribution in [0.15, 0.2) is 35.2 Å². The van der Waals surface area contributed by atoms with Gasteiger partial charge < -0.3 is 5.32 Å². The van der Waals surface area contributed by atoms with Crippen LogP contribution >= 0.6 is 11.3 Å². The fourth-order valence-electron chi connectivity index (χ4n) is 2.96. The maximum atomic E-state index is 13.5. The van der Waals surface area contributed by atoms with Crippen LogP contribution in [0.5, 0.6) is 0 Å². The van der Waals surface area contributed by atoms with Crippen molar-refractivity contribution in [1.82, 2.24) is 9.62 Å². The minimum Gasteiger partial charge on any atom is -0.313 e. The second kappa shape index (κ2) is 6.32. The van der Waals surface area contributed by atoms with Gasteiger partial charge in [0.25, 0.3) is 0 Å². The lowest BCUT2D eigenvalue weighted by molar-refractivity contribution is 0.271. The lowest BCUT2D eigenvalue weighted by Gasteiger charge is -2.35. The Morgan fingerprint density at radius 3 is 2.74 bits per heavy atom. The van der Waals surface area contributed by atoms with Gasteiger partial charge in [-0.15, -0.1) is 11.3 Å². The third kappa shape index (κ3) is 3.19. The number of rotatable bonds is 3. The van der Waals surface area contributed by atoms with E-state index in [-0.39, 0.29) is 5.82 Å². The van der Waals surface area contributed by atoms with Gasteiger partial charge in [-0.05, 0) is 37.6 Å². The summed E-state index contributed by atoms with van der Waals surface area (Å²) in [6.07, 6.45) is 0. The Balaban J connectivity index is 2.03. The Bertz CT molecular complexity index is 817. The van der Waals surface area contributed by atoms with Gasteiger partial charge in [0.1, 0.15) is 5.82 Å². The van der Waals surface area contributed by atoms with Crippen LogP contribution in [-0.2, 0) is 10.0 Å². The van der Waals surface area contributed by atoms with E-state index in [0.717, 1.165) is 9.75 Å². The van der Waals surface area contributed by atoms with Crippen LogP contribution in [0.3, 0.4) is 0 Å².